The maximum absolute atomic E-state index is 11.8. The second-order valence-electron chi connectivity index (χ2n) is 5.75. The van der Waals surface area contributed by atoms with E-state index in [1.807, 2.05) is 0 Å². The van der Waals surface area contributed by atoms with Gasteiger partial charge in [0.25, 0.3) is 5.91 Å². The van der Waals surface area contributed by atoms with E-state index in [4.69, 9.17) is 27.9 Å². The highest BCUT2D eigenvalue weighted by atomic mass is 35.5. The fraction of sp³-hybridized carbons (Fsp3) is 0.353. The molecule has 1 N–H and O–H groups in total. The number of benzene rings is 1. The Labute approximate surface area is 150 Å². The fourth-order valence-electron chi connectivity index (χ4n) is 2.17. The first kappa shape index (κ1) is 18.3. The van der Waals surface area contributed by atoms with E-state index in [9.17, 15) is 14.9 Å². The molecule has 0 spiro atoms. The van der Waals surface area contributed by atoms with Crippen molar-refractivity contribution in [3.05, 3.63) is 39.9 Å². The van der Waals surface area contributed by atoms with Crippen molar-refractivity contribution >= 4 is 41.2 Å². The molecular weight excluding hydrogens is 351 g/mol. The molecule has 5 nitrogen and oxygen atoms in total. The van der Waals surface area contributed by atoms with Gasteiger partial charge in [-0.2, -0.15) is 5.26 Å². The van der Waals surface area contributed by atoms with Gasteiger partial charge < -0.3 is 10.1 Å². The van der Waals surface area contributed by atoms with Crippen LogP contribution in [0.1, 0.15) is 25.3 Å². The molecule has 0 aliphatic heterocycles. The number of halogens is 2. The highest BCUT2D eigenvalue weighted by Gasteiger charge is 2.43. The third kappa shape index (κ3) is 4.98. The number of nitrogens with zero attached hydrogens (tertiary/aromatic N) is 1. The van der Waals surface area contributed by atoms with E-state index in [0.717, 1.165) is 12.8 Å². The van der Waals surface area contributed by atoms with E-state index in [-0.39, 0.29) is 5.92 Å². The van der Waals surface area contributed by atoms with Crippen LogP contribution in [0.5, 0.6) is 0 Å². The smallest absolute Gasteiger partial charge is 0.331 e. The molecule has 0 unspecified atom stereocenters. The van der Waals surface area contributed by atoms with Crippen molar-refractivity contribution < 1.29 is 14.3 Å². The normalized spacial score (nSPS) is 16.2. The lowest BCUT2D eigenvalue weighted by molar-refractivity contribution is -0.144. The topological polar surface area (TPSA) is 79.2 Å². The monoisotopic (exact) mass is 366 g/mol. The summed E-state index contributed by atoms with van der Waals surface area (Å²) in [7, 11) is 0. The van der Waals surface area contributed by atoms with Crippen LogP contribution >= 0.6 is 23.2 Å². The second-order valence-corrected chi connectivity index (χ2v) is 6.57. The summed E-state index contributed by atoms with van der Waals surface area (Å²) in [6.07, 6.45) is 4.52. The maximum Gasteiger partial charge on any atom is 0.331 e. The van der Waals surface area contributed by atoms with Crippen molar-refractivity contribution in [1.82, 2.24) is 5.32 Å². The van der Waals surface area contributed by atoms with Crippen LogP contribution in [0.3, 0.4) is 0 Å². The summed E-state index contributed by atoms with van der Waals surface area (Å²) >= 11 is 11.7. The molecule has 1 amide bonds. The minimum Gasteiger partial charge on any atom is -0.452 e. The summed E-state index contributed by atoms with van der Waals surface area (Å²) in [5.41, 5.74) is -0.226. The Balaban J connectivity index is 1.82. The maximum atomic E-state index is 11.8. The molecule has 0 saturated heterocycles. The third-order valence-corrected chi connectivity index (χ3v) is 4.47. The van der Waals surface area contributed by atoms with Gasteiger partial charge in [-0.05, 0) is 49.5 Å². The summed E-state index contributed by atoms with van der Waals surface area (Å²) in [5, 5.41) is 12.6. The quantitative estimate of drug-likeness (QED) is 0.618. The average Bonchev–Trinajstić information content (AvgIpc) is 3.39. The molecule has 1 aliphatic carbocycles. The Morgan fingerprint density at radius 2 is 2.12 bits per heavy atom. The van der Waals surface area contributed by atoms with Crippen molar-refractivity contribution in [2.75, 3.05) is 6.61 Å². The molecule has 126 valence electrons. The van der Waals surface area contributed by atoms with Gasteiger partial charge in [-0.15, -0.1) is 0 Å². The van der Waals surface area contributed by atoms with E-state index in [1.165, 1.54) is 12.2 Å². The summed E-state index contributed by atoms with van der Waals surface area (Å²) in [5.74, 6) is -1.000. The van der Waals surface area contributed by atoms with Crippen molar-refractivity contribution in [3.8, 4) is 6.07 Å². The van der Waals surface area contributed by atoms with E-state index in [2.05, 4.69) is 11.4 Å². The van der Waals surface area contributed by atoms with Crippen LogP contribution in [0.2, 0.25) is 10.0 Å². The van der Waals surface area contributed by atoms with Crippen LogP contribution in [0.25, 0.3) is 6.08 Å². The van der Waals surface area contributed by atoms with Crippen LogP contribution in [0, 0.1) is 17.2 Å². The number of esters is 1. The number of hydrogen-bond acceptors (Lipinski definition) is 4. The first-order valence-corrected chi connectivity index (χ1v) is 8.12. The van der Waals surface area contributed by atoms with Gasteiger partial charge >= 0.3 is 5.97 Å². The molecule has 1 saturated carbocycles. The zero-order valence-electron chi connectivity index (χ0n) is 13.0. The Morgan fingerprint density at radius 1 is 1.42 bits per heavy atom. The average molecular weight is 367 g/mol. The summed E-state index contributed by atoms with van der Waals surface area (Å²) in [6.45, 7) is 1.24. The molecule has 0 aromatic heterocycles. The lowest BCUT2D eigenvalue weighted by atomic mass is 9.98. The molecule has 1 aromatic carbocycles. The highest BCUT2D eigenvalue weighted by molar-refractivity contribution is 6.42. The summed E-state index contributed by atoms with van der Waals surface area (Å²) in [4.78, 5) is 23.5. The largest absolute Gasteiger partial charge is 0.452 e. The molecule has 0 heterocycles. The Kier molecular flexibility index (Phi) is 5.87. The molecule has 7 heteroatoms. The number of carbonyl (C=O) groups excluding carboxylic acids is 2. The molecule has 1 aliphatic rings. The lowest BCUT2D eigenvalue weighted by Crippen LogP contribution is -2.48. The summed E-state index contributed by atoms with van der Waals surface area (Å²) < 4.78 is 4.86. The predicted molar refractivity (Wildman–Crippen MR) is 91.3 cm³/mol. The molecule has 2 rings (SSSR count). The van der Waals surface area contributed by atoms with Gasteiger partial charge in [-0.1, -0.05) is 29.3 Å². The van der Waals surface area contributed by atoms with Gasteiger partial charge in [-0.3, -0.25) is 4.79 Å². The van der Waals surface area contributed by atoms with E-state index < -0.39 is 24.0 Å². The molecule has 0 radical (unpaired) electrons. The Hall–Kier alpha value is -2.03. The number of amides is 1. The van der Waals surface area contributed by atoms with Crippen LogP contribution in [-0.4, -0.2) is 24.0 Å². The minimum absolute atomic E-state index is 0.164. The number of rotatable bonds is 6. The Morgan fingerprint density at radius 3 is 2.71 bits per heavy atom. The number of carbonyl (C=O) groups is 2. The molecule has 1 aromatic rings. The van der Waals surface area contributed by atoms with Gasteiger partial charge in [0, 0.05) is 6.08 Å². The van der Waals surface area contributed by atoms with E-state index >= 15 is 0 Å². The van der Waals surface area contributed by atoms with E-state index in [1.54, 1.807) is 25.1 Å². The first-order valence-electron chi connectivity index (χ1n) is 7.36. The molecular formula is C17H16Cl2N2O3. The predicted octanol–water partition coefficient (Wildman–Crippen LogP) is 3.36. The first-order chi connectivity index (χ1) is 11.3. The standard InChI is InChI=1S/C17H16Cl2N2O3/c1-17(10-20,12-4-5-12)21-15(22)9-24-16(23)7-3-11-2-6-13(18)14(19)8-11/h2-3,6-8,12H,4-5,9H2,1H3,(H,21,22)/b7-3+/t17-/m0/s1. The highest BCUT2D eigenvalue weighted by Crippen LogP contribution is 2.39. The van der Waals surface area contributed by atoms with Crippen LogP contribution < -0.4 is 5.32 Å². The second kappa shape index (κ2) is 7.69. The number of ether oxygens (including phenoxy) is 1. The fourth-order valence-corrected chi connectivity index (χ4v) is 2.48. The van der Waals surface area contributed by atoms with Crippen LogP contribution in [-0.2, 0) is 14.3 Å². The molecule has 24 heavy (non-hydrogen) atoms. The van der Waals surface area contributed by atoms with Gasteiger partial charge in [0.2, 0.25) is 0 Å². The number of nitriles is 1. The Bertz CT molecular complexity index is 723. The number of nitrogens with one attached hydrogen (secondary N) is 1. The molecule has 0 bridgehead atoms. The van der Waals surface area contributed by atoms with Crippen molar-refractivity contribution in [3.63, 3.8) is 0 Å². The minimum atomic E-state index is -0.903. The van der Waals surface area contributed by atoms with Gasteiger partial charge in [0.1, 0.15) is 5.54 Å². The van der Waals surface area contributed by atoms with Gasteiger partial charge in [0.15, 0.2) is 6.61 Å². The number of hydrogen-bond donors (Lipinski definition) is 1. The SMILES string of the molecule is C[C@@](C#N)(NC(=O)COC(=O)/C=C/c1ccc(Cl)c(Cl)c1)C1CC1. The van der Waals surface area contributed by atoms with Crippen molar-refractivity contribution in [1.29, 1.82) is 5.26 Å². The van der Waals surface area contributed by atoms with Gasteiger partial charge in [-0.25, -0.2) is 4.79 Å². The zero-order chi connectivity index (χ0) is 17.7. The van der Waals surface area contributed by atoms with Crippen LogP contribution in [0.15, 0.2) is 24.3 Å². The van der Waals surface area contributed by atoms with Gasteiger partial charge in [0.05, 0.1) is 16.1 Å². The lowest BCUT2D eigenvalue weighted by Gasteiger charge is -2.22. The molecule has 1 atom stereocenters. The third-order valence-electron chi connectivity index (χ3n) is 3.73. The van der Waals surface area contributed by atoms with Crippen molar-refractivity contribution in [2.45, 2.75) is 25.3 Å². The molecule has 1 fully saturated rings. The zero-order valence-corrected chi connectivity index (χ0v) is 14.5. The van der Waals surface area contributed by atoms with E-state index in [0.29, 0.717) is 15.6 Å². The van der Waals surface area contributed by atoms with Crippen LogP contribution in [0.4, 0.5) is 0 Å². The van der Waals surface area contributed by atoms with Crippen molar-refractivity contribution in [2.24, 2.45) is 5.92 Å². The summed E-state index contributed by atoms with van der Waals surface area (Å²) in [6, 6.07) is 7.02.